The van der Waals surface area contributed by atoms with Crippen LogP contribution in [0.15, 0.2) is 72.8 Å². The first-order valence-corrected chi connectivity index (χ1v) is 9.33. The van der Waals surface area contributed by atoms with E-state index in [1.54, 1.807) is 42.5 Å². The van der Waals surface area contributed by atoms with Crippen LogP contribution in [-0.2, 0) is 0 Å². The Balaban J connectivity index is 1.78. The number of carboxylic acid groups (broad SMARTS) is 1. The number of anilines is 2. The predicted molar refractivity (Wildman–Crippen MR) is 115 cm³/mol. The SMILES string of the molecule is O=C(Nc1ccccc1C(=O)O)c1cccc(NC(=O)c2ccccc2I)c1. The van der Waals surface area contributed by atoms with Gasteiger partial charge in [-0.05, 0) is 65.1 Å². The minimum absolute atomic E-state index is 0.000963. The van der Waals surface area contributed by atoms with Crippen molar-refractivity contribution in [2.45, 2.75) is 0 Å². The molecule has 140 valence electrons. The second kappa shape index (κ2) is 8.66. The fourth-order valence-corrected chi connectivity index (χ4v) is 3.19. The molecule has 3 aromatic rings. The van der Waals surface area contributed by atoms with Crippen molar-refractivity contribution in [3.05, 3.63) is 93.1 Å². The van der Waals surface area contributed by atoms with Crippen LogP contribution in [0.25, 0.3) is 0 Å². The van der Waals surface area contributed by atoms with Crippen molar-refractivity contribution < 1.29 is 19.5 Å². The molecule has 6 nitrogen and oxygen atoms in total. The first kappa shape index (κ1) is 19.6. The summed E-state index contributed by atoms with van der Waals surface area (Å²) < 4.78 is 0.816. The number of para-hydroxylation sites is 1. The van der Waals surface area contributed by atoms with Crippen LogP contribution in [-0.4, -0.2) is 22.9 Å². The van der Waals surface area contributed by atoms with Crippen molar-refractivity contribution in [2.24, 2.45) is 0 Å². The fourth-order valence-electron chi connectivity index (χ4n) is 2.56. The van der Waals surface area contributed by atoms with E-state index in [1.807, 2.05) is 12.1 Å². The van der Waals surface area contributed by atoms with E-state index >= 15 is 0 Å². The summed E-state index contributed by atoms with van der Waals surface area (Å²) in [5, 5.41) is 14.6. The Hall–Kier alpha value is -3.20. The van der Waals surface area contributed by atoms with Crippen LogP contribution in [0.3, 0.4) is 0 Å². The number of hydrogen-bond donors (Lipinski definition) is 3. The molecule has 0 aliphatic rings. The van der Waals surface area contributed by atoms with Crippen molar-refractivity contribution in [1.82, 2.24) is 0 Å². The lowest BCUT2D eigenvalue weighted by Gasteiger charge is -2.10. The summed E-state index contributed by atoms with van der Waals surface area (Å²) in [5.41, 5.74) is 1.49. The summed E-state index contributed by atoms with van der Waals surface area (Å²) in [5.74, 6) is -1.88. The lowest BCUT2D eigenvalue weighted by molar-refractivity contribution is 0.0697. The van der Waals surface area contributed by atoms with Crippen LogP contribution in [0.2, 0.25) is 0 Å². The molecule has 0 unspecified atom stereocenters. The molecule has 0 spiro atoms. The van der Waals surface area contributed by atoms with Gasteiger partial charge < -0.3 is 15.7 Å². The summed E-state index contributed by atoms with van der Waals surface area (Å²) in [6, 6.07) is 19.8. The minimum atomic E-state index is -1.13. The van der Waals surface area contributed by atoms with Gasteiger partial charge in [-0.2, -0.15) is 0 Å². The molecule has 3 aromatic carbocycles. The number of carbonyl (C=O) groups excluding carboxylic acids is 2. The average Bonchev–Trinajstić information content (AvgIpc) is 2.68. The quantitative estimate of drug-likeness (QED) is 0.463. The topological polar surface area (TPSA) is 95.5 Å². The van der Waals surface area contributed by atoms with Crippen molar-refractivity contribution in [3.63, 3.8) is 0 Å². The molecule has 2 amide bonds. The number of rotatable bonds is 5. The molecule has 0 aliphatic heterocycles. The maximum atomic E-state index is 12.5. The number of aromatic carboxylic acids is 1. The van der Waals surface area contributed by atoms with Gasteiger partial charge in [0.15, 0.2) is 0 Å². The Morgan fingerprint density at radius 2 is 1.43 bits per heavy atom. The third-order valence-electron chi connectivity index (χ3n) is 3.91. The molecule has 0 saturated carbocycles. The molecule has 7 heteroatoms. The van der Waals surface area contributed by atoms with Crippen LogP contribution in [0.1, 0.15) is 31.1 Å². The van der Waals surface area contributed by atoms with Gasteiger partial charge in [-0.3, -0.25) is 9.59 Å². The molecular weight excluding hydrogens is 471 g/mol. The smallest absolute Gasteiger partial charge is 0.337 e. The Morgan fingerprint density at radius 3 is 2.14 bits per heavy atom. The number of carbonyl (C=O) groups is 3. The summed E-state index contributed by atoms with van der Waals surface area (Å²) in [7, 11) is 0. The van der Waals surface area contributed by atoms with Gasteiger partial charge in [0.25, 0.3) is 11.8 Å². The van der Waals surface area contributed by atoms with Crippen molar-refractivity contribution >= 4 is 51.7 Å². The highest BCUT2D eigenvalue weighted by Crippen LogP contribution is 2.19. The highest BCUT2D eigenvalue weighted by atomic mass is 127. The van der Waals surface area contributed by atoms with Gasteiger partial charge in [0.05, 0.1) is 16.8 Å². The Bertz CT molecular complexity index is 1070. The van der Waals surface area contributed by atoms with Gasteiger partial charge in [-0.15, -0.1) is 0 Å². The fraction of sp³-hybridized carbons (Fsp3) is 0. The molecular formula is C21H15IN2O4. The molecule has 0 heterocycles. The first-order chi connectivity index (χ1) is 13.5. The molecule has 0 atom stereocenters. The lowest BCUT2D eigenvalue weighted by atomic mass is 10.1. The molecule has 0 fully saturated rings. The number of carboxylic acids is 1. The van der Waals surface area contributed by atoms with E-state index in [0.717, 1.165) is 3.57 Å². The monoisotopic (exact) mass is 486 g/mol. The van der Waals surface area contributed by atoms with Crippen LogP contribution in [0.5, 0.6) is 0 Å². The van der Waals surface area contributed by atoms with Crippen molar-refractivity contribution in [1.29, 1.82) is 0 Å². The van der Waals surface area contributed by atoms with Crippen LogP contribution in [0.4, 0.5) is 11.4 Å². The third kappa shape index (κ3) is 4.55. The van der Waals surface area contributed by atoms with Crippen LogP contribution in [0, 0.1) is 3.57 Å². The van der Waals surface area contributed by atoms with E-state index in [2.05, 4.69) is 33.2 Å². The van der Waals surface area contributed by atoms with Gasteiger partial charge in [0.2, 0.25) is 0 Å². The standard InChI is InChI=1S/C21H15IN2O4/c22-17-10-3-1-8-15(17)20(26)23-14-7-5-6-13(12-14)19(25)24-18-11-4-2-9-16(18)21(27)28/h1-12H,(H,23,26)(H,24,25)(H,27,28). The van der Waals surface area contributed by atoms with Gasteiger partial charge in [-0.1, -0.05) is 30.3 Å². The predicted octanol–water partition coefficient (Wildman–Crippen LogP) is 4.49. The average molecular weight is 486 g/mol. The number of amides is 2. The highest BCUT2D eigenvalue weighted by molar-refractivity contribution is 14.1. The number of benzene rings is 3. The summed E-state index contributed by atoms with van der Waals surface area (Å²) in [6.45, 7) is 0. The molecule has 0 bridgehead atoms. The summed E-state index contributed by atoms with van der Waals surface area (Å²) in [4.78, 5) is 36.3. The molecule has 0 saturated heterocycles. The Morgan fingerprint density at radius 1 is 0.750 bits per heavy atom. The number of nitrogens with one attached hydrogen (secondary N) is 2. The lowest BCUT2D eigenvalue weighted by Crippen LogP contribution is -2.16. The second-order valence-electron chi connectivity index (χ2n) is 5.82. The summed E-state index contributed by atoms with van der Waals surface area (Å²) >= 11 is 2.08. The van der Waals surface area contributed by atoms with Crippen molar-refractivity contribution in [2.75, 3.05) is 10.6 Å². The maximum absolute atomic E-state index is 12.5. The Labute approximate surface area is 174 Å². The number of halogens is 1. The molecule has 3 N–H and O–H groups in total. The minimum Gasteiger partial charge on any atom is -0.478 e. The van der Waals surface area contributed by atoms with E-state index in [4.69, 9.17) is 0 Å². The van der Waals surface area contributed by atoms with E-state index in [-0.39, 0.29) is 17.2 Å². The summed E-state index contributed by atoms with van der Waals surface area (Å²) in [6.07, 6.45) is 0. The Kier molecular flexibility index (Phi) is 6.05. The number of hydrogen-bond acceptors (Lipinski definition) is 3. The van der Waals surface area contributed by atoms with Gasteiger partial charge in [0.1, 0.15) is 0 Å². The maximum Gasteiger partial charge on any atom is 0.337 e. The van der Waals surface area contributed by atoms with Gasteiger partial charge >= 0.3 is 5.97 Å². The largest absolute Gasteiger partial charge is 0.478 e. The normalized spacial score (nSPS) is 10.2. The molecule has 0 radical (unpaired) electrons. The van der Waals surface area contributed by atoms with E-state index in [1.165, 1.54) is 18.2 Å². The zero-order valence-corrected chi connectivity index (χ0v) is 16.6. The van der Waals surface area contributed by atoms with Crippen LogP contribution < -0.4 is 10.6 Å². The van der Waals surface area contributed by atoms with Crippen molar-refractivity contribution in [3.8, 4) is 0 Å². The zero-order chi connectivity index (χ0) is 20.1. The zero-order valence-electron chi connectivity index (χ0n) is 14.5. The third-order valence-corrected chi connectivity index (χ3v) is 4.85. The molecule has 0 aromatic heterocycles. The highest BCUT2D eigenvalue weighted by Gasteiger charge is 2.14. The van der Waals surface area contributed by atoms with E-state index < -0.39 is 11.9 Å². The first-order valence-electron chi connectivity index (χ1n) is 8.25. The molecule has 3 rings (SSSR count). The molecule has 28 heavy (non-hydrogen) atoms. The van der Waals surface area contributed by atoms with E-state index in [9.17, 15) is 19.5 Å². The van der Waals surface area contributed by atoms with Crippen LogP contribution >= 0.6 is 22.6 Å². The second-order valence-corrected chi connectivity index (χ2v) is 6.98. The molecule has 0 aliphatic carbocycles. The van der Waals surface area contributed by atoms with Gasteiger partial charge in [0, 0.05) is 14.8 Å². The van der Waals surface area contributed by atoms with E-state index in [0.29, 0.717) is 16.8 Å². The van der Waals surface area contributed by atoms with Gasteiger partial charge in [-0.25, -0.2) is 4.79 Å².